The van der Waals surface area contributed by atoms with Crippen LogP contribution < -0.4 is 10.1 Å². The summed E-state index contributed by atoms with van der Waals surface area (Å²) in [5.74, 6) is -0.195. The molecule has 4 aromatic rings. The minimum Gasteiger partial charge on any atom is -0.496 e. The Labute approximate surface area is 233 Å². The number of ether oxygens (including phenoxy) is 3. The maximum absolute atomic E-state index is 13.5. The Kier molecular flexibility index (Phi) is 7.93. The maximum atomic E-state index is 13.5. The molecule has 0 aliphatic rings. The highest BCUT2D eigenvalue weighted by atomic mass is 32.2. The monoisotopic (exact) mass is 564 g/mol. The van der Waals surface area contributed by atoms with Crippen LogP contribution in [0.1, 0.15) is 37.9 Å². The van der Waals surface area contributed by atoms with Crippen LogP contribution >= 0.6 is 0 Å². The van der Waals surface area contributed by atoms with Crippen molar-refractivity contribution in [2.24, 2.45) is 0 Å². The van der Waals surface area contributed by atoms with Gasteiger partial charge in [0.15, 0.2) is 6.04 Å². The van der Waals surface area contributed by atoms with Crippen LogP contribution in [0.25, 0.3) is 22.0 Å². The third-order valence-electron chi connectivity index (χ3n) is 6.20. The maximum Gasteiger partial charge on any atom is 0.408 e. The number of nitrogens with zero attached hydrogens (tertiary/aromatic N) is 1. The van der Waals surface area contributed by atoms with E-state index in [0.717, 1.165) is 10.9 Å². The average Bonchev–Trinajstić information content (AvgIpc) is 3.34. The molecule has 0 bridgehead atoms. The van der Waals surface area contributed by atoms with Crippen LogP contribution in [0.2, 0.25) is 0 Å². The Morgan fingerprint density at radius 1 is 0.925 bits per heavy atom. The van der Waals surface area contributed by atoms with Gasteiger partial charge in [0.1, 0.15) is 11.4 Å². The molecule has 1 heterocycles. The van der Waals surface area contributed by atoms with Crippen LogP contribution in [0.5, 0.6) is 5.75 Å². The Morgan fingerprint density at radius 2 is 1.62 bits per heavy atom. The van der Waals surface area contributed by atoms with Gasteiger partial charge in [0.2, 0.25) is 0 Å². The van der Waals surface area contributed by atoms with Crippen LogP contribution in [-0.4, -0.2) is 44.3 Å². The van der Waals surface area contributed by atoms with Crippen molar-refractivity contribution in [1.82, 2.24) is 9.29 Å². The molecular weight excluding hydrogens is 532 g/mol. The van der Waals surface area contributed by atoms with Crippen LogP contribution in [0.15, 0.2) is 77.8 Å². The van der Waals surface area contributed by atoms with E-state index < -0.39 is 33.7 Å². The SMILES string of the molecule is COC(=O)[C@H](NC(=O)OC(C)(C)C)c1ccc(OC)c(-c2ccc3ccn(S(=O)(=O)c4ccc(C)cc4)c3c2)c1. The number of fused-ring (bicyclic) bond motifs is 1. The zero-order chi connectivity index (χ0) is 29.2. The van der Waals surface area contributed by atoms with Gasteiger partial charge in [-0.2, -0.15) is 0 Å². The first-order valence-corrected chi connectivity index (χ1v) is 14.0. The summed E-state index contributed by atoms with van der Waals surface area (Å²) in [6.07, 6.45) is 0.746. The second-order valence-electron chi connectivity index (χ2n) is 10.3. The zero-order valence-electron chi connectivity index (χ0n) is 23.2. The number of benzene rings is 3. The van der Waals surface area contributed by atoms with E-state index >= 15 is 0 Å². The predicted molar refractivity (Wildman–Crippen MR) is 152 cm³/mol. The third kappa shape index (κ3) is 5.96. The molecule has 3 aromatic carbocycles. The van der Waals surface area contributed by atoms with Gasteiger partial charge in [-0.1, -0.05) is 35.9 Å². The van der Waals surface area contributed by atoms with Crippen molar-refractivity contribution in [2.45, 2.75) is 44.2 Å². The quantitative estimate of drug-likeness (QED) is 0.291. The van der Waals surface area contributed by atoms with Crippen LogP contribution in [0.3, 0.4) is 0 Å². The number of rotatable bonds is 7. The number of amides is 1. The normalized spacial score (nSPS) is 12.6. The van der Waals surface area contributed by atoms with Crippen molar-refractivity contribution in [3.63, 3.8) is 0 Å². The van der Waals surface area contributed by atoms with Crippen molar-refractivity contribution in [3.8, 4) is 16.9 Å². The summed E-state index contributed by atoms with van der Waals surface area (Å²) < 4.78 is 44.1. The van der Waals surface area contributed by atoms with Gasteiger partial charge < -0.3 is 19.5 Å². The molecule has 0 saturated heterocycles. The van der Waals surface area contributed by atoms with Crippen LogP contribution in [0, 0.1) is 6.92 Å². The van der Waals surface area contributed by atoms with Gasteiger partial charge in [0.05, 0.1) is 24.6 Å². The van der Waals surface area contributed by atoms with Crippen LogP contribution in [-0.2, 0) is 24.3 Å². The minimum absolute atomic E-state index is 0.176. The molecule has 9 nitrogen and oxygen atoms in total. The van der Waals surface area contributed by atoms with E-state index in [1.165, 1.54) is 24.4 Å². The van der Waals surface area contributed by atoms with E-state index in [4.69, 9.17) is 14.2 Å². The van der Waals surface area contributed by atoms with Gasteiger partial charge in [-0.15, -0.1) is 0 Å². The Balaban J connectivity index is 1.80. The number of aryl methyl sites for hydroxylation is 1. The molecule has 10 heteroatoms. The molecule has 1 N–H and O–H groups in total. The zero-order valence-corrected chi connectivity index (χ0v) is 24.0. The van der Waals surface area contributed by atoms with E-state index in [1.807, 2.05) is 19.1 Å². The topological polar surface area (TPSA) is 113 Å². The fourth-order valence-electron chi connectivity index (χ4n) is 4.26. The fourth-order valence-corrected chi connectivity index (χ4v) is 5.60. The van der Waals surface area contributed by atoms with E-state index in [0.29, 0.717) is 28.0 Å². The molecule has 0 spiro atoms. The molecule has 0 aliphatic carbocycles. The second kappa shape index (κ2) is 11.1. The molecule has 4 rings (SSSR count). The molecule has 1 amide bonds. The highest BCUT2D eigenvalue weighted by Crippen LogP contribution is 2.35. The lowest BCUT2D eigenvalue weighted by atomic mass is 9.97. The Morgan fingerprint density at radius 3 is 2.25 bits per heavy atom. The van der Waals surface area contributed by atoms with Crippen molar-refractivity contribution in [2.75, 3.05) is 14.2 Å². The van der Waals surface area contributed by atoms with Crippen molar-refractivity contribution in [3.05, 3.63) is 84.1 Å². The number of nitrogens with one attached hydrogen (secondary N) is 1. The summed E-state index contributed by atoms with van der Waals surface area (Å²) in [5.41, 5.74) is 2.32. The average molecular weight is 565 g/mol. The van der Waals surface area contributed by atoms with Gasteiger partial charge in [-0.05, 0) is 75.2 Å². The summed E-state index contributed by atoms with van der Waals surface area (Å²) in [4.78, 5) is 25.3. The second-order valence-corrected chi connectivity index (χ2v) is 12.1. The van der Waals surface area contributed by atoms with E-state index in [-0.39, 0.29) is 4.90 Å². The Bertz CT molecular complexity index is 1670. The van der Waals surface area contributed by atoms with Gasteiger partial charge in [-0.3, -0.25) is 0 Å². The number of hydrogen-bond donors (Lipinski definition) is 1. The number of methoxy groups -OCH3 is 2. The minimum atomic E-state index is -3.86. The summed E-state index contributed by atoms with van der Waals surface area (Å²) in [6, 6.07) is 17.7. The predicted octanol–water partition coefficient (Wildman–Crippen LogP) is 5.60. The molecule has 40 heavy (non-hydrogen) atoms. The fraction of sp³-hybridized carbons (Fsp3) is 0.267. The highest BCUT2D eigenvalue weighted by Gasteiger charge is 2.28. The molecule has 0 radical (unpaired) electrons. The summed E-state index contributed by atoms with van der Waals surface area (Å²) in [6.45, 7) is 7.05. The van der Waals surface area contributed by atoms with E-state index in [2.05, 4.69) is 5.32 Å². The van der Waals surface area contributed by atoms with Gasteiger partial charge in [-0.25, -0.2) is 22.0 Å². The lowest BCUT2D eigenvalue weighted by Gasteiger charge is -2.23. The first-order chi connectivity index (χ1) is 18.8. The Hall–Kier alpha value is -4.31. The molecule has 0 saturated carbocycles. The third-order valence-corrected chi connectivity index (χ3v) is 7.91. The summed E-state index contributed by atoms with van der Waals surface area (Å²) >= 11 is 0. The molecule has 1 atom stereocenters. The summed E-state index contributed by atoms with van der Waals surface area (Å²) in [5, 5.41) is 3.30. The first kappa shape index (κ1) is 28.7. The van der Waals surface area contributed by atoms with Crippen molar-refractivity contribution >= 4 is 33.0 Å². The highest BCUT2D eigenvalue weighted by molar-refractivity contribution is 7.90. The molecule has 210 valence electrons. The molecule has 0 unspecified atom stereocenters. The molecule has 0 fully saturated rings. The smallest absolute Gasteiger partial charge is 0.408 e. The van der Waals surface area contributed by atoms with Gasteiger partial charge >= 0.3 is 12.1 Å². The lowest BCUT2D eigenvalue weighted by molar-refractivity contribution is -0.143. The number of alkyl carbamates (subject to hydrolysis) is 1. The molecular formula is C30H32N2O7S. The van der Waals surface area contributed by atoms with Crippen molar-refractivity contribution < 1.29 is 32.2 Å². The van der Waals surface area contributed by atoms with E-state index in [9.17, 15) is 18.0 Å². The number of hydrogen-bond acceptors (Lipinski definition) is 7. The van der Waals surface area contributed by atoms with Gasteiger partial charge in [0.25, 0.3) is 10.0 Å². The number of carbonyl (C=O) groups excluding carboxylic acids is 2. The summed E-state index contributed by atoms with van der Waals surface area (Å²) in [7, 11) is -1.11. The standard InChI is InChI=1S/C30H32N2O7S/c1-19-7-12-23(13-8-19)40(35,36)32-16-15-20-9-10-21(18-25(20)32)24-17-22(11-14-26(24)37-5)27(28(33)38-6)31-29(34)39-30(2,3)4/h7-18,27H,1-6H3,(H,31,34)/t27-/m1/s1. The molecule has 0 aliphatic heterocycles. The number of aromatic nitrogens is 1. The number of carbonyl (C=O) groups is 2. The first-order valence-electron chi connectivity index (χ1n) is 12.5. The van der Waals surface area contributed by atoms with Crippen molar-refractivity contribution in [1.29, 1.82) is 0 Å². The van der Waals surface area contributed by atoms with E-state index in [1.54, 1.807) is 75.4 Å². The van der Waals surface area contributed by atoms with Gasteiger partial charge in [0, 0.05) is 17.1 Å². The largest absolute Gasteiger partial charge is 0.496 e. The number of esters is 1. The van der Waals surface area contributed by atoms with Crippen LogP contribution in [0.4, 0.5) is 4.79 Å². The molecule has 1 aromatic heterocycles. The lowest BCUT2D eigenvalue weighted by Crippen LogP contribution is -2.38.